The number of hydrogen-bond acceptors (Lipinski definition) is 5. The van der Waals surface area contributed by atoms with Gasteiger partial charge in [0.1, 0.15) is 0 Å². The van der Waals surface area contributed by atoms with Gasteiger partial charge in [0.25, 0.3) is 5.91 Å². The molecule has 6 rings (SSSR count). The topological polar surface area (TPSA) is 74.4 Å². The molecule has 2 fully saturated rings. The number of amides is 3. The quantitative estimate of drug-likeness (QED) is 0.615. The molecule has 37 heavy (non-hydrogen) atoms. The van der Waals surface area contributed by atoms with Gasteiger partial charge in [0.2, 0.25) is 6.79 Å². The van der Waals surface area contributed by atoms with Crippen LogP contribution in [-0.4, -0.2) is 79.2 Å². The molecule has 0 bridgehead atoms. The van der Waals surface area contributed by atoms with Gasteiger partial charge in [-0.3, -0.25) is 4.79 Å². The van der Waals surface area contributed by atoms with Crippen molar-refractivity contribution in [2.45, 2.75) is 43.7 Å². The molecule has 3 amide bonds. The lowest BCUT2D eigenvalue weighted by Gasteiger charge is -2.40. The van der Waals surface area contributed by atoms with Gasteiger partial charge in [0.15, 0.2) is 11.5 Å². The van der Waals surface area contributed by atoms with E-state index in [0.717, 1.165) is 81.0 Å². The highest BCUT2D eigenvalue weighted by Gasteiger charge is 2.40. The number of urea groups is 1. The molecule has 9 heteroatoms. The van der Waals surface area contributed by atoms with Crippen LogP contribution in [0.25, 0.3) is 0 Å². The third-order valence-electron chi connectivity index (χ3n) is 8.32. The number of rotatable bonds is 6. The van der Waals surface area contributed by atoms with Crippen molar-refractivity contribution in [2.24, 2.45) is 0 Å². The minimum Gasteiger partial charge on any atom is -0.454 e. The third-order valence-corrected chi connectivity index (χ3v) is 8.32. The van der Waals surface area contributed by atoms with E-state index in [1.165, 1.54) is 5.56 Å². The van der Waals surface area contributed by atoms with Gasteiger partial charge in [-0.2, -0.15) is 0 Å². The number of fused-ring (bicyclic) bond motifs is 2. The molecule has 0 aliphatic carbocycles. The molecule has 0 spiro atoms. The summed E-state index contributed by atoms with van der Waals surface area (Å²) in [6, 6.07) is 14.6. The van der Waals surface area contributed by atoms with Crippen molar-refractivity contribution in [2.75, 3.05) is 46.6 Å². The number of nitrogens with zero attached hydrogens (tertiary/aromatic N) is 3. The zero-order chi connectivity index (χ0) is 24.6. The van der Waals surface area contributed by atoms with Gasteiger partial charge >= 0.3 is 6.03 Å². The van der Waals surface area contributed by atoms with Gasteiger partial charge in [-0.1, -0.05) is 24.3 Å². The molecule has 0 aromatic heterocycles. The molecule has 0 saturated carbocycles. The molecule has 4 aliphatic heterocycles. The second-order valence-electron chi connectivity index (χ2n) is 10.3. The Morgan fingerprint density at radius 1 is 1.03 bits per heavy atom. The highest BCUT2D eigenvalue weighted by molar-refractivity contribution is 5.99. The Labute approximate surface area is 224 Å². The lowest BCUT2D eigenvalue weighted by Crippen LogP contribution is -2.54. The Bertz CT molecular complexity index is 1150. The first-order valence-electron chi connectivity index (χ1n) is 13.1. The van der Waals surface area contributed by atoms with Crippen molar-refractivity contribution in [3.63, 3.8) is 0 Å². The molecule has 1 N–H and O–H groups in total. The number of piperidine rings is 1. The van der Waals surface area contributed by atoms with Crippen LogP contribution in [0.1, 0.15) is 59.1 Å². The Kier molecular flexibility index (Phi) is 7.49. The first kappa shape index (κ1) is 25.7. The number of likely N-dealkylation sites (N-methyl/N-ethyl adjacent to an activating group) is 1. The van der Waals surface area contributed by atoms with Gasteiger partial charge in [0, 0.05) is 50.7 Å². The lowest BCUT2D eigenvalue weighted by atomic mass is 9.84. The van der Waals surface area contributed by atoms with Gasteiger partial charge < -0.3 is 29.5 Å². The molecule has 2 unspecified atom stereocenters. The molecular formula is C28H35ClN4O4. The van der Waals surface area contributed by atoms with Crippen LogP contribution in [0.5, 0.6) is 11.5 Å². The SMILES string of the molecule is CN1C(=O)c2ccccc2C1C(CCN1CCC(N2CCCNC2=O)CC1)c1ccc2c(c1)OCO2.Cl. The number of halogens is 1. The predicted octanol–water partition coefficient (Wildman–Crippen LogP) is 4.02. The molecule has 2 saturated heterocycles. The molecule has 8 nitrogen and oxygen atoms in total. The number of nitrogens with one attached hydrogen (secondary N) is 1. The summed E-state index contributed by atoms with van der Waals surface area (Å²) in [5, 5.41) is 2.99. The summed E-state index contributed by atoms with van der Waals surface area (Å²) >= 11 is 0. The van der Waals surface area contributed by atoms with E-state index in [1.54, 1.807) is 0 Å². The molecule has 4 heterocycles. The van der Waals surface area contributed by atoms with Crippen LogP contribution >= 0.6 is 12.4 Å². The van der Waals surface area contributed by atoms with Crippen LogP contribution < -0.4 is 14.8 Å². The van der Waals surface area contributed by atoms with Gasteiger partial charge in [-0.15, -0.1) is 12.4 Å². The van der Waals surface area contributed by atoms with Gasteiger partial charge in [-0.05, 0) is 61.6 Å². The Balaban J connectivity index is 0.00000280. The molecule has 198 valence electrons. The second-order valence-corrected chi connectivity index (χ2v) is 10.3. The van der Waals surface area contributed by atoms with Crippen molar-refractivity contribution in [1.29, 1.82) is 0 Å². The van der Waals surface area contributed by atoms with E-state index < -0.39 is 0 Å². The van der Waals surface area contributed by atoms with E-state index in [4.69, 9.17) is 9.47 Å². The Morgan fingerprint density at radius 3 is 2.62 bits per heavy atom. The van der Waals surface area contributed by atoms with E-state index in [1.807, 2.05) is 41.1 Å². The zero-order valence-corrected chi connectivity index (χ0v) is 22.0. The van der Waals surface area contributed by atoms with Crippen molar-refractivity contribution in [3.05, 3.63) is 59.2 Å². The molecule has 2 aromatic carbocycles. The van der Waals surface area contributed by atoms with Crippen molar-refractivity contribution >= 4 is 24.3 Å². The average Bonchev–Trinajstić information content (AvgIpc) is 3.48. The lowest BCUT2D eigenvalue weighted by molar-refractivity contribution is 0.0740. The molecule has 0 radical (unpaired) electrons. The molecule has 4 aliphatic rings. The zero-order valence-electron chi connectivity index (χ0n) is 21.2. The summed E-state index contributed by atoms with van der Waals surface area (Å²) in [5.74, 6) is 1.76. The van der Waals surface area contributed by atoms with Crippen molar-refractivity contribution < 1.29 is 19.1 Å². The maximum atomic E-state index is 13.1. The van der Waals surface area contributed by atoms with Crippen LogP contribution in [0, 0.1) is 0 Å². The highest BCUT2D eigenvalue weighted by atomic mass is 35.5. The van der Waals surface area contributed by atoms with Crippen LogP contribution in [-0.2, 0) is 0 Å². The fraction of sp³-hybridized carbons (Fsp3) is 0.500. The van der Waals surface area contributed by atoms with E-state index in [2.05, 4.69) is 28.4 Å². The van der Waals surface area contributed by atoms with Crippen molar-refractivity contribution in [1.82, 2.24) is 20.0 Å². The van der Waals surface area contributed by atoms with Crippen molar-refractivity contribution in [3.8, 4) is 11.5 Å². The first-order valence-corrected chi connectivity index (χ1v) is 13.1. The minimum absolute atomic E-state index is 0. The number of benzene rings is 2. The summed E-state index contributed by atoms with van der Waals surface area (Å²) in [5.41, 5.74) is 3.07. The number of carbonyl (C=O) groups is 2. The monoisotopic (exact) mass is 526 g/mol. The molecular weight excluding hydrogens is 492 g/mol. The van der Waals surface area contributed by atoms with E-state index in [-0.39, 0.29) is 43.1 Å². The standard InChI is InChI=1S/C28H34N4O4.ClH/c1-30-26(22-5-2-3-6-23(22)27(30)33)21(19-7-8-24-25(17-19)36-18-35-24)11-16-31-14-9-20(10-15-31)32-13-4-12-29-28(32)34;/h2-3,5-8,17,20-21,26H,4,9-16,18H2,1H3,(H,29,34);1H. The largest absolute Gasteiger partial charge is 0.454 e. The number of carbonyl (C=O) groups excluding carboxylic acids is 2. The maximum Gasteiger partial charge on any atom is 0.317 e. The van der Waals surface area contributed by atoms with Crippen LogP contribution in [0.3, 0.4) is 0 Å². The maximum absolute atomic E-state index is 13.1. The summed E-state index contributed by atoms with van der Waals surface area (Å²) < 4.78 is 11.2. The average molecular weight is 527 g/mol. The van der Waals surface area contributed by atoms with Gasteiger partial charge in [-0.25, -0.2) is 4.79 Å². The first-order chi connectivity index (χ1) is 17.6. The summed E-state index contributed by atoms with van der Waals surface area (Å²) in [6.45, 7) is 4.81. The summed E-state index contributed by atoms with van der Waals surface area (Å²) in [7, 11) is 1.92. The van der Waals surface area contributed by atoms with E-state index in [9.17, 15) is 9.59 Å². The normalized spacial score (nSPS) is 22.5. The van der Waals surface area contributed by atoms with E-state index in [0.29, 0.717) is 6.04 Å². The summed E-state index contributed by atoms with van der Waals surface area (Å²) in [4.78, 5) is 31.8. The van der Waals surface area contributed by atoms with E-state index >= 15 is 0 Å². The fourth-order valence-corrected chi connectivity index (χ4v) is 6.38. The predicted molar refractivity (Wildman–Crippen MR) is 143 cm³/mol. The fourth-order valence-electron chi connectivity index (χ4n) is 6.38. The number of ether oxygens (including phenoxy) is 2. The minimum atomic E-state index is -0.0244. The molecule has 2 atom stereocenters. The Morgan fingerprint density at radius 2 is 1.81 bits per heavy atom. The second kappa shape index (κ2) is 10.8. The van der Waals surface area contributed by atoms with Crippen LogP contribution in [0.15, 0.2) is 42.5 Å². The number of hydrogen-bond donors (Lipinski definition) is 1. The van der Waals surface area contributed by atoms with Gasteiger partial charge in [0.05, 0.1) is 6.04 Å². The molecule has 2 aromatic rings. The smallest absolute Gasteiger partial charge is 0.317 e. The number of likely N-dealkylation sites (tertiary alicyclic amines) is 1. The highest BCUT2D eigenvalue weighted by Crippen LogP contribution is 2.46. The van der Waals surface area contributed by atoms with Crippen LogP contribution in [0.2, 0.25) is 0 Å². The summed E-state index contributed by atoms with van der Waals surface area (Å²) in [6.07, 6.45) is 3.96. The third kappa shape index (κ3) is 4.84. The van der Waals surface area contributed by atoms with Crippen LogP contribution in [0.4, 0.5) is 4.79 Å². The Hall–Kier alpha value is -2.97.